The van der Waals surface area contributed by atoms with Gasteiger partial charge in [0, 0.05) is 17.8 Å². The predicted octanol–water partition coefficient (Wildman–Crippen LogP) is 2.95. The quantitative estimate of drug-likeness (QED) is 0.810. The van der Waals surface area contributed by atoms with E-state index in [0.717, 1.165) is 5.56 Å². The summed E-state index contributed by atoms with van der Waals surface area (Å²) >= 11 is 0. The molecule has 0 aliphatic carbocycles. The molecule has 0 atom stereocenters. The first-order valence-corrected chi connectivity index (χ1v) is 6.58. The molecular weight excluding hydrogens is 271 g/mol. The third-order valence-corrected chi connectivity index (χ3v) is 3.05. The number of nitrogens with one attached hydrogen (secondary N) is 2. The standard InChI is InChI=1S/C16H17FN2O2/c1-11-2-6-14(7-3-11)19-16(21)18-9-12-4-5-13(10-20)15(17)8-12/h2-8,20H,9-10H2,1H3,(H2,18,19,21). The smallest absolute Gasteiger partial charge is 0.319 e. The molecule has 0 heterocycles. The zero-order valence-electron chi connectivity index (χ0n) is 11.7. The maximum Gasteiger partial charge on any atom is 0.319 e. The number of carbonyl (C=O) groups is 1. The zero-order chi connectivity index (χ0) is 15.2. The average molecular weight is 288 g/mol. The Morgan fingerprint density at radius 2 is 1.90 bits per heavy atom. The molecule has 0 saturated heterocycles. The molecule has 5 heteroatoms. The SMILES string of the molecule is Cc1ccc(NC(=O)NCc2ccc(CO)c(F)c2)cc1. The molecule has 21 heavy (non-hydrogen) atoms. The molecule has 0 unspecified atom stereocenters. The number of halogens is 1. The van der Waals surface area contributed by atoms with Crippen molar-refractivity contribution in [2.24, 2.45) is 0 Å². The van der Waals surface area contributed by atoms with E-state index in [2.05, 4.69) is 10.6 Å². The fraction of sp³-hybridized carbons (Fsp3) is 0.188. The Bertz CT molecular complexity index is 627. The van der Waals surface area contributed by atoms with Crippen LogP contribution in [0.1, 0.15) is 16.7 Å². The maximum absolute atomic E-state index is 13.5. The zero-order valence-corrected chi connectivity index (χ0v) is 11.7. The summed E-state index contributed by atoms with van der Waals surface area (Å²) in [5, 5.41) is 14.2. The molecule has 2 aromatic carbocycles. The minimum Gasteiger partial charge on any atom is -0.392 e. The van der Waals surface area contributed by atoms with Gasteiger partial charge in [-0.1, -0.05) is 29.8 Å². The highest BCUT2D eigenvalue weighted by molar-refractivity contribution is 5.89. The number of aliphatic hydroxyl groups excluding tert-OH is 1. The van der Waals surface area contributed by atoms with Gasteiger partial charge in [-0.25, -0.2) is 9.18 Å². The molecule has 0 bridgehead atoms. The summed E-state index contributed by atoms with van der Waals surface area (Å²) in [6, 6.07) is 11.5. The van der Waals surface area contributed by atoms with Gasteiger partial charge >= 0.3 is 6.03 Å². The van der Waals surface area contributed by atoms with Crippen molar-refractivity contribution in [2.75, 3.05) is 5.32 Å². The minimum atomic E-state index is -0.476. The van der Waals surface area contributed by atoms with Crippen LogP contribution < -0.4 is 10.6 Å². The molecule has 0 radical (unpaired) electrons. The number of amides is 2. The van der Waals surface area contributed by atoms with Crippen molar-refractivity contribution >= 4 is 11.7 Å². The van der Waals surface area contributed by atoms with Crippen LogP contribution in [0.2, 0.25) is 0 Å². The number of hydrogen-bond acceptors (Lipinski definition) is 2. The normalized spacial score (nSPS) is 10.2. The Balaban J connectivity index is 1.89. The molecule has 2 aromatic rings. The molecule has 2 rings (SSSR count). The average Bonchev–Trinajstić information content (AvgIpc) is 2.48. The van der Waals surface area contributed by atoms with Gasteiger partial charge in [-0.15, -0.1) is 0 Å². The summed E-state index contributed by atoms with van der Waals surface area (Å²) in [7, 11) is 0. The fourth-order valence-electron chi connectivity index (χ4n) is 1.82. The molecule has 0 aliphatic rings. The molecule has 3 N–H and O–H groups in total. The second kappa shape index (κ2) is 6.85. The molecule has 4 nitrogen and oxygen atoms in total. The van der Waals surface area contributed by atoms with E-state index in [0.29, 0.717) is 11.3 Å². The van der Waals surface area contributed by atoms with E-state index in [-0.39, 0.29) is 24.7 Å². The first kappa shape index (κ1) is 15.0. The van der Waals surface area contributed by atoms with E-state index in [1.54, 1.807) is 6.07 Å². The molecule has 0 saturated carbocycles. The number of rotatable bonds is 4. The Morgan fingerprint density at radius 3 is 2.52 bits per heavy atom. The van der Waals surface area contributed by atoms with Gasteiger partial charge in [0.15, 0.2) is 0 Å². The van der Waals surface area contributed by atoms with Gasteiger partial charge < -0.3 is 15.7 Å². The van der Waals surface area contributed by atoms with Gasteiger partial charge in [0.05, 0.1) is 6.61 Å². The molecule has 0 spiro atoms. The van der Waals surface area contributed by atoms with E-state index >= 15 is 0 Å². The van der Waals surface area contributed by atoms with Gasteiger partial charge in [-0.05, 0) is 30.7 Å². The van der Waals surface area contributed by atoms with Crippen LogP contribution in [-0.2, 0) is 13.2 Å². The van der Waals surface area contributed by atoms with Crippen molar-refractivity contribution in [3.8, 4) is 0 Å². The van der Waals surface area contributed by atoms with E-state index in [9.17, 15) is 9.18 Å². The second-order valence-corrected chi connectivity index (χ2v) is 4.76. The van der Waals surface area contributed by atoms with Crippen LogP contribution in [-0.4, -0.2) is 11.1 Å². The van der Waals surface area contributed by atoms with Crippen LogP contribution in [0, 0.1) is 12.7 Å². The largest absolute Gasteiger partial charge is 0.392 e. The molecule has 0 fully saturated rings. The molecule has 110 valence electrons. The van der Waals surface area contributed by atoms with Crippen molar-refractivity contribution in [1.82, 2.24) is 5.32 Å². The first-order valence-electron chi connectivity index (χ1n) is 6.58. The van der Waals surface area contributed by atoms with E-state index in [1.165, 1.54) is 12.1 Å². The maximum atomic E-state index is 13.5. The van der Waals surface area contributed by atoms with Crippen LogP contribution in [0.3, 0.4) is 0 Å². The lowest BCUT2D eigenvalue weighted by Crippen LogP contribution is -2.28. The molecule has 2 amide bonds. The Labute approximate surface area is 122 Å². The number of anilines is 1. The summed E-state index contributed by atoms with van der Waals surface area (Å²) in [4.78, 5) is 11.7. The highest BCUT2D eigenvalue weighted by Gasteiger charge is 2.05. The van der Waals surface area contributed by atoms with Gasteiger partial charge in [0.1, 0.15) is 5.82 Å². The summed E-state index contributed by atoms with van der Waals surface area (Å²) < 4.78 is 13.5. The van der Waals surface area contributed by atoms with Crippen molar-refractivity contribution in [1.29, 1.82) is 0 Å². The summed E-state index contributed by atoms with van der Waals surface area (Å²) in [5.41, 5.74) is 2.67. The van der Waals surface area contributed by atoms with Gasteiger partial charge in [-0.3, -0.25) is 0 Å². The molecule has 0 aliphatic heterocycles. The van der Waals surface area contributed by atoms with Crippen LogP contribution in [0.25, 0.3) is 0 Å². The van der Waals surface area contributed by atoms with Crippen LogP contribution in [0.15, 0.2) is 42.5 Å². The molecule has 0 aromatic heterocycles. The Kier molecular flexibility index (Phi) is 4.90. The Morgan fingerprint density at radius 1 is 1.19 bits per heavy atom. The van der Waals surface area contributed by atoms with Crippen molar-refractivity contribution < 1.29 is 14.3 Å². The Hall–Kier alpha value is -2.40. The highest BCUT2D eigenvalue weighted by Crippen LogP contribution is 2.11. The monoisotopic (exact) mass is 288 g/mol. The lowest BCUT2D eigenvalue weighted by Gasteiger charge is -2.09. The van der Waals surface area contributed by atoms with Crippen molar-refractivity contribution in [3.63, 3.8) is 0 Å². The highest BCUT2D eigenvalue weighted by atomic mass is 19.1. The van der Waals surface area contributed by atoms with E-state index in [1.807, 2.05) is 31.2 Å². The van der Waals surface area contributed by atoms with Crippen molar-refractivity contribution in [3.05, 3.63) is 65.0 Å². The summed E-state index contributed by atoms with van der Waals surface area (Å²) in [5.74, 6) is -0.476. The van der Waals surface area contributed by atoms with Gasteiger partial charge in [0.2, 0.25) is 0 Å². The predicted molar refractivity (Wildman–Crippen MR) is 79.4 cm³/mol. The fourth-order valence-corrected chi connectivity index (χ4v) is 1.82. The first-order chi connectivity index (χ1) is 10.1. The van der Waals surface area contributed by atoms with Crippen LogP contribution in [0.5, 0.6) is 0 Å². The number of aliphatic hydroxyl groups is 1. The topological polar surface area (TPSA) is 61.4 Å². The number of aryl methyl sites for hydroxylation is 1. The third-order valence-electron chi connectivity index (χ3n) is 3.05. The van der Waals surface area contributed by atoms with Gasteiger partial charge in [-0.2, -0.15) is 0 Å². The second-order valence-electron chi connectivity index (χ2n) is 4.76. The van der Waals surface area contributed by atoms with Crippen LogP contribution >= 0.6 is 0 Å². The van der Waals surface area contributed by atoms with Crippen molar-refractivity contribution in [2.45, 2.75) is 20.1 Å². The number of hydrogen-bond donors (Lipinski definition) is 3. The third kappa shape index (κ3) is 4.29. The van der Waals surface area contributed by atoms with Gasteiger partial charge in [0.25, 0.3) is 0 Å². The van der Waals surface area contributed by atoms with Crippen LogP contribution in [0.4, 0.5) is 14.9 Å². The summed E-state index contributed by atoms with van der Waals surface area (Å²) in [6.07, 6.45) is 0. The van der Waals surface area contributed by atoms with E-state index < -0.39 is 5.82 Å². The number of urea groups is 1. The summed E-state index contributed by atoms with van der Waals surface area (Å²) in [6.45, 7) is 1.84. The number of carbonyl (C=O) groups excluding carboxylic acids is 1. The van der Waals surface area contributed by atoms with E-state index in [4.69, 9.17) is 5.11 Å². The number of benzene rings is 2. The lowest BCUT2D eigenvalue weighted by atomic mass is 10.1. The minimum absolute atomic E-state index is 0.209. The molecular formula is C16H17FN2O2. The lowest BCUT2D eigenvalue weighted by molar-refractivity contribution is 0.251.